The highest BCUT2D eigenvalue weighted by Gasteiger charge is 2.13. The van der Waals surface area contributed by atoms with Crippen molar-refractivity contribution in [3.8, 4) is 0 Å². The molecule has 6 nitrogen and oxygen atoms in total. The zero-order valence-corrected chi connectivity index (χ0v) is 16.7. The number of amides is 1. The number of hydrogen-bond acceptors (Lipinski definition) is 6. The number of aromatic nitrogens is 3. The number of nitrogens with zero attached hydrogens (tertiary/aromatic N) is 3. The lowest BCUT2D eigenvalue weighted by atomic mass is 10.2. The number of carbonyl (C=O) groups is 1. The molecule has 0 aliphatic rings. The third-order valence-electron chi connectivity index (χ3n) is 3.45. The monoisotopic (exact) mass is 392 g/mol. The van der Waals surface area contributed by atoms with Crippen molar-refractivity contribution in [1.82, 2.24) is 20.1 Å². The number of rotatable bonds is 11. The van der Waals surface area contributed by atoms with Crippen LogP contribution in [-0.2, 0) is 21.8 Å². The summed E-state index contributed by atoms with van der Waals surface area (Å²) in [7, 11) is 1.61. The second kappa shape index (κ2) is 11.1. The largest absolute Gasteiger partial charge is 0.383 e. The Labute approximate surface area is 162 Å². The summed E-state index contributed by atoms with van der Waals surface area (Å²) < 4.78 is 6.92. The van der Waals surface area contributed by atoms with Gasteiger partial charge in [-0.25, -0.2) is 0 Å². The van der Waals surface area contributed by atoms with Crippen molar-refractivity contribution >= 4 is 29.4 Å². The van der Waals surface area contributed by atoms with Crippen LogP contribution in [0.25, 0.3) is 0 Å². The van der Waals surface area contributed by atoms with Gasteiger partial charge >= 0.3 is 0 Å². The van der Waals surface area contributed by atoms with E-state index < -0.39 is 0 Å². The number of aryl methyl sites for hydroxylation is 1. The van der Waals surface area contributed by atoms with Gasteiger partial charge in [-0.2, -0.15) is 0 Å². The van der Waals surface area contributed by atoms with Crippen molar-refractivity contribution in [2.75, 3.05) is 26.0 Å². The van der Waals surface area contributed by atoms with Crippen LogP contribution < -0.4 is 5.32 Å². The molecule has 1 amide bonds. The van der Waals surface area contributed by atoms with E-state index in [1.54, 1.807) is 18.9 Å². The molecule has 0 unspecified atom stereocenters. The van der Waals surface area contributed by atoms with Crippen molar-refractivity contribution in [3.05, 3.63) is 48.3 Å². The maximum atomic E-state index is 11.8. The van der Waals surface area contributed by atoms with Crippen molar-refractivity contribution in [2.24, 2.45) is 0 Å². The van der Waals surface area contributed by atoms with Gasteiger partial charge in [0.2, 0.25) is 5.91 Å². The first kappa shape index (κ1) is 20.5. The van der Waals surface area contributed by atoms with Crippen LogP contribution in [0.3, 0.4) is 0 Å². The molecule has 2 aromatic rings. The molecule has 0 aliphatic carbocycles. The minimum atomic E-state index is -0.0456. The van der Waals surface area contributed by atoms with Gasteiger partial charge in [-0.3, -0.25) is 4.79 Å². The van der Waals surface area contributed by atoms with E-state index >= 15 is 0 Å². The highest BCUT2D eigenvalue weighted by Crippen LogP contribution is 2.25. The number of benzene rings is 1. The maximum absolute atomic E-state index is 11.8. The first-order valence-electron chi connectivity index (χ1n) is 8.25. The summed E-state index contributed by atoms with van der Waals surface area (Å²) in [6.45, 7) is 7.51. The first-order valence-corrected chi connectivity index (χ1v) is 10.2. The van der Waals surface area contributed by atoms with Crippen LogP contribution >= 0.6 is 23.5 Å². The second-order valence-corrected chi connectivity index (χ2v) is 7.52. The summed E-state index contributed by atoms with van der Waals surface area (Å²) in [5, 5.41) is 12.1. The minimum Gasteiger partial charge on any atom is -0.383 e. The van der Waals surface area contributed by atoms with Crippen LogP contribution in [-0.4, -0.2) is 46.7 Å². The molecule has 1 aromatic carbocycles. The lowest BCUT2D eigenvalue weighted by Crippen LogP contribution is -2.28. The fraction of sp³-hybridized carbons (Fsp3) is 0.389. The minimum absolute atomic E-state index is 0.0456. The molecule has 0 atom stereocenters. The molecular formula is C18H24N4O2S2. The predicted octanol–water partition coefficient (Wildman–Crippen LogP) is 2.92. The third-order valence-corrected chi connectivity index (χ3v) is 5.43. The van der Waals surface area contributed by atoms with Gasteiger partial charge in [-0.1, -0.05) is 35.5 Å². The quantitative estimate of drug-likeness (QED) is 0.360. The normalized spacial score (nSPS) is 10.7. The highest BCUT2D eigenvalue weighted by molar-refractivity contribution is 7.99. The van der Waals surface area contributed by atoms with E-state index in [4.69, 9.17) is 4.74 Å². The van der Waals surface area contributed by atoms with E-state index in [1.165, 1.54) is 22.2 Å². The van der Waals surface area contributed by atoms with Crippen LogP contribution in [0.1, 0.15) is 11.4 Å². The molecule has 1 N–H and O–H groups in total. The number of hydrogen-bond donors (Lipinski definition) is 1. The zero-order valence-electron chi connectivity index (χ0n) is 15.1. The van der Waals surface area contributed by atoms with Gasteiger partial charge in [-0.15, -0.1) is 28.5 Å². The van der Waals surface area contributed by atoms with E-state index in [2.05, 4.69) is 53.3 Å². The molecule has 8 heteroatoms. The van der Waals surface area contributed by atoms with Gasteiger partial charge < -0.3 is 14.6 Å². The molecule has 2 rings (SSSR count). The Hall–Kier alpha value is -1.77. The Morgan fingerprint density at radius 1 is 1.31 bits per heavy atom. The molecule has 0 bridgehead atoms. The van der Waals surface area contributed by atoms with Gasteiger partial charge in [0.15, 0.2) is 5.16 Å². The summed E-state index contributed by atoms with van der Waals surface area (Å²) in [4.78, 5) is 13.0. The molecule has 0 radical (unpaired) electrons. The van der Waals surface area contributed by atoms with Crippen LogP contribution in [0.4, 0.5) is 0 Å². The van der Waals surface area contributed by atoms with Crippen molar-refractivity contribution < 1.29 is 9.53 Å². The van der Waals surface area contributed by atoms with Crippen molar-refractivity contribution in [1.29, 1.82) is 0 Å². The molecule has 0 spiro atoms. The number of ether oxygens (including phenoxy) is 1. The highest BCUT2D eigenvalue weighted by atomic mass is 32.2. The summed E-state index contributed by atoms with van der Waals surface area (Å²) in [6, 6.07) is 8.41. The van der Waals surface area contributed by atoms with E-state index in [-0.39, 0.29) is 5.91 Å². The summed E-state index contributed by atoms with van der Waals surface area (Å²) in [6.07, 6.45) is 1.81. The van der Waals surface area contributed by atoms with Gasteiger partial charge in [0.25, 0.3) is 0 Å². The van der Waals surface area contributed by atoms with Gasteiger partial charge in [0.05, 0.1) is 18.1 Å². The van der Waals surface area contributed by atoms with E-state index in [9.17, 15) is 4.79 Å². The average molecular weight is 393 g/mol. The average Bonchev–Trinajstić information content (AvgIpc) is 3.02. The van der Waals surface area contributed by atoms with Crippen LogP contribution in [0, 0.1) is 6.92 Å². The molecule has 0 saturated heterocycles. The van der Waals surface area contributed by atoms with E-state index in [0.717, 1.165) is 11.0 Å². The SMILES string of the molecule is C=CCn1c(CSc2ccc(C)cc2)nnc1SCC(=O)NCCOC. The smallest absolute Gasteiger partial charge is 0.230 e. The molecule has 0 saturated carbocycles. The Kier molecular flexibility index (Phi) is 8.73. The Morgan fingerprint density at radius 3 is 2.77 bits per heavy atom. The first-order chi connectivity index (χ1) is 12.6. The number of thioether (sulfide) groups is 2. The fourth-order valence-corrected chi connectivity index (χ4v) is 3.74. The predicted molar refractivity (Wildman–Crippen MR) is 107 cm³/mol. The van der Waals surface area contributed by atoms with Crippen LogP contribution in [0.2, 0.25) is 0 Å². The zero-order chi connectivity index (χ0) is 18.8. The van der Waals surface area contributed by atoms with E-state index in [1.807, 2.05) is 10.6 Å². The van der Waals surface area contributed by atoms with E-state index in [0.29, 0.717) is 31.2 Å². The van der Waals surface area contributed by atoms with Gasteiger partial charge in [0.1, 0.15) is 5.82 Å². The second-order valence-electron chi connectivity index (χ2n) is 5.53. The number of nitrogens with one attached hydrogen (secondary N) is 1. The molecule has 26 heavy (non-hydrogen) atoms. The number of methoxy groups -OCH3 is 1. The van der Waals surface area contributed by atoms with Gasteiger partial charge in [-0.05, 0) is 19.1 Å². The summed E-state index contributed by atoms with van der Waals surface area (Å²) >= 11 is 3.09. The Morgan fingerprint density at radius 2 is 2.08 bits per heavy atom. The molecule has 1 aromatic heterocycles. The fourth-order valence-electron chi connectivity index (χ4n) is 2.10. The van der Waals surface area contributed by atoms with Crippen LogP contribution in [0.5, 0.6) is 0 Å². The topological polar surface area (TPSA) is 69.0 Å². The molecule has 0 fully saturated rings. The summed E-state index contributed by atoms with van der Waals surface area (Å²) in [5.41, 5.74) is 1.24. The molecule has 1 heterocycles. The Balaban J connectivity index is 1.94. The summed E-state index contributed by atoms with van der Waals surface area (Å²) in [5.74, 6) is 1.84. The molecule has 0 aliphatic heterocycles. The number of carbonyl (C=O) groups excluding carboxylic acids is 1. The lowest BCUT2D eigenvalue weighted by molar-refractivity contribution is -0.118. The number of allylic oxidation sites excluding steroid dienone is 1. The lowest BCUT2D eigenvalue weighted by Gasteiger charge is -2.08. The van der Waals surface area contributed by atoms with Crippen molar-refractivity contribution in [2.45, 2.75) is 29.3 Å². The maximum Gasteiger partial charge on any atom is 0.230 e. The van der Waals surface area contributed by atoms with Gasteiger partial charge in [0, 0.05) is 25.1 Å². The van der Waals surface area contributed by atoms with Crippen LogP contribution in [0.15, 0.2) is 47.0 Å². The van der Waals surface area contributed by atoms with Crippen molar-refractivity contribution in [3.63, 3.8) is 0 Å². The molecular weight excluding hydrogens is 368 g/mol. The Bertz CT molecular complexity index is 716. The molecule has 140 valence electrons. The third kappa shape index (κ3) is 6.51. The standard InChI is InChI=1S/C18H24N4O2S2/c1-4-10-22-16(12-25-15-7-5-14(2)6-8-15)20-21-18(22)26-13-17(23)19-9-11-24-3/h4-8H,1,9-13H2,2-3H3,(H,19,23).